The van der Waals surface area contributed by atoms with Crippen molar-refractivity contribution in [2.45, 2.75) is 49.2 Å². The monoisotopic (exact) mass is 172 g/mol. The molecule has 0 aromatic rings. The fraction of sp³-hybridized carbons (Fsp3) is 1.00. The highest BCUT2D eigenvalue weighted by molar-refractivity contribution is 8.07. The SMILES string of the molecule is CCCOC1CCCC2SC12. The third-order valence-electron chi connectivity index (χ3n) is 2.50. The quantitative estimate of drug-likeness (QED) is 0.605. The summed E-state index contributed by atoms with van der Waals surface area (Å²) >= 11 is 2.13. The summed E-state index contributed by atoms with van der Waals surface area (Å²) < 4.78 is 5.77. The molecule has 3 atom stereocenters. The van der Waals surface area contributed by atoms with Crippen molar-refractivity contribution in [2.24, 2.45) is 0 Å². The molecule has 0 N–H and O–H groups in total. The Labute approximate surface area is 72.9 Å². The van der Waals surface area contributed by atoms with E-state index in [4.69, 9.17) is 4.74 Å². The molecule has 2 heteroatoms. The summed E-state index contributed by atoms with van der Waals surface area (Å²) in [5, 5.41) is 1.86. The zero-order valence-corrected chi connectivity index (χ0v) is 7.90. The fourth-order valence-electron chi connectivity index (χ4n) is 1.85. The van der Waals surface area contributed by atoms with E-state index in [-0.39, 0.29) is 0 Å². The van der Waals surface area contributed by atoms with Crippen LogP contribution in [0.15, 0.2) is 0 Å². The van der Waals surface area contributed by atoms with E-state index in [0.717, 1.165) is 17.1 Å². The predicted octanol–water partition coefficient (Wildman–Crippen LogP) is 2.45. The number of ether oxygens (including phenoxy) is 1. The fourth-order valence-corrected chi connectivity index (χ4v) is 3.16. The Bertz CT molecular complexity index is 138. The van der Waals surface area contributed by atoms with Crippen molar-refractivity contribution in [3.05, 3.63) is 0 Å². The highest BCUT2D eigenvalue weighted by Gasteiger charge is 2.46. The number of hydrogen-bond donors (Lipinski definition) is 0. The van der Waals surface area contributed by atoms with Crippen LogP contribution in [-0.4, -0.2) is 23.2 Å². The van der Waals surface area contributed by atoms with Crippen molar-refractivity contribution >= 4 is 11.8 Å². The number of rotatable bonds is 3. The zero-order valence-electron chi connectivity index (χ0n) is 7.08. The molecule has 11 heavy (non-hydrogen) atoms. The first-order valence-electron chi connectivity index (χ1n) is 4.69. The molecule has 0 aromatic heterocycles. The molecule has 3 unspecified atom stereocenters. The minimum atomic E-state index is 0.610. The van der Waals surface area contributed by atoms with Crippen LogP contribution in [-0.2, 0) is 4.74 Å². The molecular weight excluding hydrogens is 156 g/mol. The lowest BCUT2D eigenvalue weighted by Crippen LogP contribution is -2.25. The Morgan fingerprint density at radius 2 is 2.36 bits per heavy atom. The second-order valence-electron chi connectivity index (χ2n) is 3.48. The van der Waals surface area contributed by atoms with Crippen LogP contribution in [0.1, 0.15) is 32.6 Å². The zero-order chi connectivity index (χ0) is 7.68. The molecule has 0 aromatic carbocycles. The molecule has 1 saturated heterocycles. The molecule has 1 nitrogen and oxygen atoms in total. The standard InChI is InChI=1S/C9H16OS/c1-2-6-10-7-4-3-5-8-9(7)11-8/h7-9H,2-6H2,1H3. The topological polar surface area (TPSA) is 9.23 Å². The second kappa shape index (κ2) is 3.36. The van der Waals surface area contributed by atoms with Crippen molar-refractivity contribution < 1.29 is 4.74 Å². The van der Waals surface area contributed by atoms with Gasteiger partial charge in [-0.1, -0.05) is 6.92 Å². The van der Waals surface area contributed by atoms with Crippen LogP contribution >= 0.6 is 11.8 Å². The van der Waals surface area contributed by atoms with Gasteiger partial charge in [0.1, 0.15) is 0 Å². The molecule has 0 radical (unpaired) electrons. The Balaban J connectivity index is 1.75. The largest absolute Gasteiger partial charge is 0.377 e. The van der Waals surface area contributed by atoms with Crippen molar-refractivity contribution in [1.82, 2.24) is 0 Å². The average molecular weight is 172 g/mol. The second-order valence-corrected chi connectivity index (χ2v) is 4.90. The van der Waals surface area contributed by atoms with Crippen molar-refractivity contribution in [3.8, 4) is 0 Å². The number of hydrogen-bond acceptors (Lipinski definition) is 2. The van der Waals surface area contributed by atoms with Crippen molar-refractivity contribution in [2.75, 3.05) is 6.61 Å². The normalized spacial score (nSPS) is 41.7. The summed E-state index contributed by atoms with van der Waals surface area (Å²) in [7, 11) is 0. The highest BCUT2D eigenvalue weighted by Crippen LogP contribution is 2.51. The summed E-state index contributed by atoms with van der Waals surface area (Å²) in [4.78, 5) is 0. The highest BCUT2D eigenvalue weighted by atomic mass is 32.2. The minimum absolute atomic E-state index is 0.610. The number of fused-ring (bicyclic) bond motifs is 1. The maximum absolute atomic E-state index is 5.77. The average Bonchev–Trinajstić information content (AvgIpc) is 2.79. The molecule has 2 rings (SSSR count). The first kappa shape index (κ1) is 7.93. The summed E-state index contributed by atoms with van der Waals surface area (Å²) in [5.41, 5.74) is 0. The lowest BCUT2D eigenvalue weighted by atomic mass is 9.98. The van der Waals surface area contributed by atoms with E-state index in [9.17, 15) is 0 Å². The molecule has 1 heterocycles. The van der Waals surface area contributed by atoms with E-state index in [1.165, 1.54) is 25.7 Å². The summed E-state index contributed by atoms with van der Waals surface area (Å²) in [6.45, 7) is 3.15. The van der Waals surface area contributed by atoms with Gasteiger partial charge >= 0.3 is 0 Å². The summed E-state index contributed by atoms with van der Waals surface area (Å²) in [5.74, 6) is 0. The molecule has 1 saturated carbocycles. The van der Waals surface area contributed by atoms with E-state index in [1.807, 2.05) is 0 Å². The molecule has 0 spiro atoms. The molecule has 2 aliphatic rings. The molecule has 1 aliphatic heterocycles. The number of thioether (sulfide) groups is 1. The molecular formula is C9H16OS. The van der Waals surface area contributed by atoms with Gasteiger partial charge in [-0.2, -0.15) is 11.8 Å². The van der Waals surface area contributed by atoms with Crippen molar-refractivity contribution in [3.63, 3.8) is 0 Å². The van der Waals surface area contributed by atoms with Gasteiger partial charge in [-0.15, -0.1) is 0 Å². The van der Waals surface area contributed by atoms with Crippen LogP contribution in [0.5, 0.6) is 0 Å². The predicted molar refractivity (Wildman–Crippen MR) is 49.0 cm³/mol. The maximum Gasteiger partial charge on any atom is 0.0704 e. The van der Waals surface area contributed by atoms with E-state index < -0.39 is 0 Å². The van der Waals surface area contributed by atoms with Gasteiger partial charge in [-0.25, -0.2) is 0 Å². The van der Waals surface area contributed by atoms with E-state index >= 15 is 0 Å². The third kappa shape index (κ3) is 1.73. The smallest absolute Gasteiger partial charge is 0.0704 e. The Morgan fingerprint density at radius 3 is 3.18 bits per heavy atom. The Hall–Kier alpha value is 0.310. The maximum atomic E-state index is 5.77. The Morgan fingerprint density at radius 1 is 1.45 bits per heavy atom. The lowest BCUT2D eigenvalue weighted by molar-refractivity contribution is 0.0422. The summed E-state index contributed by atoms with van der Waals surface area (Å²) in [6, 6.07) is 0. The molecule has 2 fully saturated rings. The van der Waals surface area contributed by atoms with E-state index in [1.54, 1.807) is 0 Å². The van der Waals surface area contributed by atoms with Crippen LogP contribution in [0, 0.1) is 0 Å². The third-order valence-corrected chi connectivity index (χ3v) is 4.01. The van der Waals surface area contributed by atoms with Crippen LogP contribution in [0.2, 0.25) is 0 Å². The molecule has 0 amide bonds. The van der Waals surface area contributed by atoms with E-state index in [2.05, 4.69) is 18.7 Å². The van der Waals surface area contributed by atoms with Gasteiger partial charge in [0, 0.05) is 17.1 Å². The molecule has 64 valence electrons. The van der Waals surface area contributed by atoms with Crippen LogP contribution in [0.25, 0.3) is 0 Å². The molecule has 1 aliphatic carbocycles. The van der Waals surface area contributed by atoms with Crippen LogP contribution in [0.4, 0.5) is 0 Å². The van der Waals surface area contributed by atoms with Gasteiger partial charge in [-0.05, 0) is 25.7 Å². The van der Waals surface area contributed by atoms with Crippen LogP contribution < -0.4 is 0 Å². The summed E-state index contributed by atoms with van der Waals surface area (Å²) in [6.07, 6.45) is 5.93. The van der Waals surface area contributed by atoms with Crippen molar-refractivity contribution in [1.29, 1.82) is 0 Å². The first-order chi connectivity index (χ1) is 5.42. The van der Waals surface area contributed by atoms with Gasteiger partial charge < -0.3 is 4.74 Å². The van der Waals surface area contributed by atoms with Gasteiger partial charge in [-0.3, -0.25) is 0 Å². The van der Waals surface area contributed by atoms with Gasteiger partial charge in [0.05, 0.1) is 6.10 Å². The first-order valence-corrected chi connectivity index (χ1v) is 5.63. The molecule has 0 bridgehead atoms. The van der Waals surface area contributed by atoms with Crippen LogP contribution in [0.3, 0.4) is 0 Å². The Kier molecular flexibility index (Phi) is 2.42. The van der Waals surface area contributed by atoms with E-state index in [0.29, 0.717) is 6.10 Å². The van der Waals surface area contributed by atoms with Gasteiger partial charge in [0.25, 0.3) is 0 Å². The van der Waals surface area contributed by atoms with Gasteiger partial charge in [0.15, 0.2) is 0 Å². The minimum Gasteiger partial charge on any atom is -0.377 e. The lowest BCUT2D eigenvalue weighted by Gasteiger charge is -2.19. The van der Waals surface area contributed by atoms with Gasteiger partial charge in [0.2, 0.25) is 0 Å².